The Morgan fingerprint density at radius 3 is 2.59 bits per heavy atom. The zero-order valence-corrected chi connectivity index (χ0v) is 17.4. The first kappa shape index (κ1) is 23.1. The number of nitrogens with zero attached hydrogens (tertiary/aromatic N) is 5. The van der Waals surface area contributed by atoms with E-state index in [-0.39, 0.29) is 23.9 Å². The summed E-state index contributed by atoms with van der Waals surface area (Å²) in [6, 6.07) is 0.350. The van der Waals surface area contributed by atoms with Crippen molar-refractivity contribution >= 4 is 24.2 Å². The summed E-state index contributed by atoms with van der Waals surface area (Å²) >= 11 is 0. The van der Waals surface area contributed by atoms with Gasteiger partial charge in [0.2, 0.25) is 0 Å². The lowest BCUT2D eigenvalue weighted by Crippen LogP contribution is -2.35. The van der Waals surface area contributed by atoms with Gasteiger partial charge < -0.3 is 21.5 Å². The molecule has 0 aliphatic carbocycles. The maximum Gasteiger partial charge on any atom is 0.358 e. The second-order valence-electron chi connectivity index (χ2n) is 7.28. The molecule has 0 atom stereocenters. The van der Waals surface area contributed by atoms with Crippen LogP contribution in [0.25, 0.3) is 11.3 Å². The van der Waals surface area contributed by atoms with Crippen LogP contribution in [0.5, 0.6) is 0 Å². The number of aromatic carboxylic acids is 1. The first-order valence-corrected chi connectivity index (χ1v) is 9.91. The Balaban J connectivity index is 0.00000300. The molecule has 2 aromatic rings. The highest BCUT2D eigenvalue weighted by Crippen LogP contribution is 2.25. The smallest absolute Gasteiger partial charge is 0.358 e. The molecule has 0 spiro atoms. The van der Waals surface area contributed by atoms with Crippen molar-refractivity contribution in [1.82, 2.24) is 24.6 Å². The topological polar surface area (TPSA) is 136 Å². The van der Waals surface area contributed by atoms with E-state index in [0.29, 0.717) is 11.7 Å². The van der Waals surface area contributed by atoms with Gasteiger partial charge in [0.05, 0.1) is 24.1 Å². The molecule has 1 fully saturated rings. The predicted octanol–water partition coefficient (Wildman–Crippen LogP) is 2.20. The number of carbonyl (C=O) groups is 1. The van der Waals surface area contributed by atoms with Gasteiger partial charge in [-0.2, -0.15) is 5.10 Å². The molecule has 0 bridgehead atoms. The molecule has 0 radical (unpaired) electrons. The summed E-state index contributed by atoms with van der Waals surface area (Å²) in [5.41, 5.74) is 12.1. The monoisotopic (exact) mass is 423 g/mol. The highest BCUT2D eigenvalue weighted by Gasteiger charge is 2.21. The lowest BCUT2D eigenvalue weighted by Gasteiger charge is -2.32. The summed E-state index contributed by atoms with van der Waals surface area (Å²) in [5, 5.41) is 13.6. The summed E-state index contributed by atoms with van der Waals surface area (Å²) in [5.74, 6) is -1.27. The van der Waals surface area contributed by atoms with Crippen LogP contribution in [0.15, 0.2) is 18.6 Å². The quantitative estimate of drug-likeness (QED) is 0.522. The number of nitrogen functional groups attached to an aromatic ring is 1. The number of hydrogen-bond donors (Lipinski definition) is 3. The highest BCUT2D eigenvalue weighted by atomic mass is 35.5. The van der Waals surface area contributed by atoms with E-state index in [4.69, 9.17) is 16.6 Å². The number of unbranched alkanes of at least 4 members (excludes halogenated alkanes) is 3. The minimum atomic E-state index is -1.19. The zero-order valence-electron chi connectivity index (χ0n) is 16.5. The number of likely N-dealkylation sites (tertiary alicyclic amines) is 1. The van der Waals surface area contributed by atoms with E-state index in [1.165, 1.54) is 25.5 Å². The Kier molecular flexibility index (Phi) is 8.81. The number of hydrogen-bond acceptors (Lipinski definition) is 7. The van der Waals surface area contributed by atoms with E-state index in [1.54, 1.807) is 6.20 Å². The third kappa shape index (κ3) is 6.12. The van der Waals surface area contributed by atoms with Crippen LogP contribution >= 0.6 is 12.4 Å². The van der Waals surface area contributed by atoms with Crippen LogP contribution in [-0.2, 0) is 0 Å². The molecule has 3 heterocycles. The molecular weight excluding hydrogens is 394 g/mol. The van der Waals surface area contributed by atoms with E-state index in [9.17, 15) is 4.79 Å². The van der Waals surface area contributed by atoms with Crippen molar-refractivity contribution in [2.24, 2.45) is 5.73 Å². The SMILES string of the molecule is Cl.NCCCCCCN1CCC(n2cc(-c3cnc(N)c(C(=O)O)n3)cn2)CC1. The van der Waals surface area contributed by atoms with Crippen molar-refractivity contribution in [2.75, 3.05) is 31.9 Å². The third-order valence-corrected chi connectivity index (χ3v) is 5.26. The van der Waals surface area contributed by atoms with Crippen molar-refractivity contribution < 1.29 is 9.90 Å². The van der Waals surface area contributed by atoms with Crippen molar-refractivity contribution in [2.45, 2.75) is 44.6 Å². The first-order valence-electron chi connectivity index (χ1n) is 9.91. The number of anilines is 1. The standard InChI is InChI=1S/C19H29N7O2.ClH/c20-7-3-1-2-4-8-25-9-5-15(6-10-25)26-13-14(11-23-26)16-12-22-18(21)17(24-16)19(27)28;/h11-13,15H,1-10,20H2,(H2,21,22)(H,27,28);1H. The molecule has 9 nitrogen and oxygen atoms in total. The number of aromatic nitrogens is 4. The maximum atomic E-state index is 11.2. The van der Waals surface area contributed by atoms with Crippen LogP contribution < -0.4 is 11.5 Å². The second-order valence-corrected chi connectivity index (χ2v) is 7.28. The number of carboxylic acid groups (broad SMARTS) is 1. The number of nitrogens with two attached hydrogens (primary N) is 2. The molecule has 0 aromatic carbocycles. The molecule has 0 unspecified atom stereocenters. The van der Waals surface area contributed by atoms with Crippen LogP contribution in [-0.4, -0.2) is 61.9 Å². The Labute approximate surface area is 176 Å². The van der Waals surface area contributed by atoms with E-state index in [1.807, 2.05) is 10.9 Å². The number of rotatable bonds is 9. The van der Waals surface area contributed by atoms with Gasteiger partial charge in [0.15, 0.2) is 11.5 Å². The van der Waals surface area contributed by atoms with Crippen LogP contribution in [0.2, 0.25) is 0 Å². The van der Waals surface area contributed by atoms with Gasteiger partial charge in [0.1, 0.15) is 0 Å². The van der Waals surface area contributed by atoms with E-state index >= 15 is 0 Å². The minimum Gasteiger partial charge on any atom is -0.476 e. The molecule has 3 rings (SSSR count). The van der Waals surface area contributed by atoms with Crippen LogP contribution in [0.1, 0.15) is 55.1 Å². The van der Waals surface area contributed by atoms with Crippen LogP contribution in [0.3, 0.4) is 0 Å². The van der Waals surface area contributed by atoms with Crippen molar-refractivity contribution in [3.05, 3.63) is 24.3 Å². The van der Waals surface area contributed by atoms with Crippen molar-refractivity contribution in [3.8, 4) is 11.3 Å². The summed E-state index contributed by atoms with van der Waals surface area (Å²) in [6.07, 6.45) is 12.0. The minimum absolute atomic E-state index is 0. The van der Waals surface area contributed by atoms with Gasteiger partial charge in [0, 0.05) is 24.8 Å². The first-order chi connectivity index (χ1) is 13.6. The van der Waals surface area contributed by atoms with Gasteiger partial charge in [-0.1, -0.05) is 12.8 Å². The normalized spacial score (nSPS) is 15.2. The molecule has 29 heavy (non-hydrogen) atoms. The fourth-order valence-corrected chi connectivity index (χ4v) is 3.61. The molecule has 1 aliphatic rings. The lowest BCUT2D eigenvalue weighted by molar-refractivity contribution is 0.0691. The molecular formula is C19H30ClN7O2. The molecule has 1 saturated heterocycles. The van der Waals surface area contributed by atoms with Gasteiger partial charge >= 0.3 is 5.97 Å². The average Bonchev–Trinajstić information content (AvgIpc) is 3.18. The predicted molar refractivity (Wildman–Crippen MR) is 114 cm³/mol. The number of piperidine rings is 1. The van der Waals surface area contributed by atoms with E-state index in [0.717, 1.165) is 51.0 Å². The fraction of sp³-hybridized carbons (Fsp3) is 0.579. The largest absolute Gasteiger partial charge is 0.476 e. The van der Waals surface area contributed by atoms with E-state index in [2.05, 4.69) is 20.0 Å². The Bertz CT molecular complexity index is 791. The molecule has 1 aliphatic heterocycles. The molecule has 5 N–H and O–H groups in total. The maximum absolute atomic E-state index is 11.2. The zero-order chi connectivity index (χ0) is 19.9. The van der Waals surface area contributed by atoms with Crippen LogP contribution in [0, 0.1) is 0 Å². The lowest BCUT2D eigenvalue weighted by atomic mass is 10.0. The van der Waals surface area contributed by atoms with E-state index < -0.39 is 5.97 Å². The Morgan fingerprint density at radius 2 is 1.90 bits per heavy atom. The summed E-state index contributed by atoms with van der Waals surface area (Å²) < 4.78 is 1.96. The molecule has 160 valence electrons. The van der Waals surface area contributed by atoms with Crippen LogP contribution in [0.4, 0.5) is 5.82 Å². The summed E-state index contributed by atoms with van der Waals surface area (Å²) in [7, 11) is 0. The summed E-state index contributed by atoms with van der Waals surface area (Å²) in [4.78, 5) is 21.8. The van der Waals surface area contributed by atoms with Crippen molar-refractivity contribution in [1.29, 1.82) is 0 Å². The molecule has 2 aromatic heterocycles. The molecule has 10 heteroatoms. The second kappa shape index (κ2) is 11.1. The summed E-state index contributed by atoms with van der Waals surface area (Å²) in [6.45, 7) is 4.08. The molecule has 0 saturated carbocycles. The van der Waals surface area contributed by atoms with Gasteiger partial charge in [-0.3, -0.25) is 4.68 Å². The third-order valence-electron chi connectivity index (χ3n) is 5.26. The highest BCUT2D eigenvalue weighted by molar-refractivity contribution is 5.90. The fourth-order valence-electron chi connectivity index (χ4n) is 3.61. The van der Waals surface area contributed by atoms with Gasteiger partial charge in [-0.25, -0.2) is 14.8 Å². The van der Waals surface area contributed by atoms with Gasteiger partial charge in [-0.15, -0.1) is 12.4 Å². The van der Waals surface area contributed by atoms with Crippen molar-refractivity contribution in [3.63, 3.8) is 0 Å². The Hall–Kier alpha value is -2.23. The molecule has 0 amide bonds. The van der Waals surface area contributed by atoms with Gasteiger partial charge in [-0.05, 0) is 38.8 Å². The Morgan fingerprint density at radius 1 is 1.17 bits per heavy atom. The van der Waals surface area contributed by atoms with Gasteiger partial charge in [0.25, 0.3) is 0 Å². The average molecular weight is 424 g/mol. The number of carboxylic acids is 1. The number of halogens is 1.